The lowest BCUT2D eigenvalue weighted by atomic mass is 9.95. The van der Waals surface area contributed by atoms with Crippen molar-refractivity contribution >= 4 is 11.7 Å². The van der Waals surface area contributed by atoms with E-state index in [1.165, 1.54) is 0 Å². The molecule has 0 aliphatic carbocycles. The Morgan fingerprint density at radius 3 is 2.60 bits per heavy atom. The summed E-state index contributed by atoms with van der Waals surface area (Å²) in [7, 11) is 0. The van der Waals surface area contributed by atoms with Crippen molar-refractivity contribution in [1.29, 1.82) is 0 Å². The highest BCUT2D eigenvalue weighted by Crippen LogP contribution is 2.19. The molecule has 0 saturated carbocycles. The van der Waals surface area contributed by atoms with E-state index in [2.05, 4.69) is 5.32 Å². The minimum absolute atomic E-state index is 0.0330. The largest absolute Gasteiger partial charge is 0.376 e. The first-order valence-corrected chi connectivity index (χ1v) is 8.74. The van der Waals surface area contributed by atoms with Crippen LogP contribution in [0, 0.1) is 0 Å². The van der Waals surface area contributed by atoms with Crippen LogP contribution in [-0.4, -0.2) is 30.9 Å². The zero-order valence-corrected chi connectivity index (χ0v) is 14.4. The Kier molecular flexibility index (Phi) is 5.61. The Labute approximate surface area is 148 Å². The van der Waals surface area contributed by atoms with Crippen molar-refractivity contribution in [3.05, 3.63) is 71.3 Å². The SMILES string of the molecule is C[C@H](C(=O)NC[C@H]1CCCO1)c1cccc(C(=O)c2ccccc2)c1. The lowest BCUT2D eigenvalue weighted by molar-refractivity contribution is -0.122. The van der Waals surface area contributed by atoms with Gasteiger partial charge in [0, 0.05) is 24.3 Å². The molecule has 1 aliphatic rings. The number of benzene rings is 2. The maximum Gasteiger partial charge on any atom is 0.227 e. The second kappa shape index (κ2) is 8.08. The molecule has 3 rings (SSSR count). The zero-order valence-electron chi connectivity index (χ0n) is 14.4. The van der Waals surface area contributed by atoms with Crippen molar-refractivity contribution in [2.24, 2.45) is 0 Å². The predicted molar refractivity (Wildman–Crippen MR) is 96.7 cm³/mol. The van der Waals surface area contributed by atoms with E-state index in [4.69, 9.17) is 4.74 Å². The number of rotatable bonds is 6. The first-order chi connectivity index (χ1) is 12.1. The highest BCUT2D eigenvalue weighted by atomic mass is 16.5. The number of ether oxygens (including phenoxy) is 1. The molecule has 2 aromatic carbocycles. The summed E-state index contributed by atoms with van der Waals surface area (Å²) in [5.41, 5.74) is 2.09. The van der Waals surface area contributed by atoms with Gasteiger partial charge in [0.05, 0.1) is 12.0 Å². The van der Waals surface area contributed by atoms with Crippen LogP contribution < -0.4 is 5.32 Å². The molecule has 4 nitrogen and oxygen atoms in total. The Hall–Kier alpha value is -2.46. The van der Waals surface area contributed by atoms with Crippen molar-refractivity contribution < 1.29 is 14.3 Å². The third-order valence-electron chi connectivity index (χ3n) is 4.61. The van der Waals surface area contributed by atoms with Crippen molar-refractivity contribution in [1.82, 2.24) is 5.32 Å². The van der Waals surface area contributed by atoms with Crippen LogP contribution in [0.1, 0.15) is 47.2 Å². The van der Waals surface area contributed by atoms with E-state index in [1.54, 1.807) is 18.2 Å². The van der Waals surface area contributed by atoms with Gasteiger partial charge in [0.2, 0.25) is 5.91 Å². The predicted octanol–water partition coefficient (Wildman–Crippen LogP) is 3.32. The molecule has 1 heterocycles. The second-order valence-corrected chi connectivity index (χ2v) is 6.42. The molecule has 2 atom stereocenters. The van der Waals surface area contributed by atoms with Crippen LogP contribution in [-0.2, 0) is 9.53 Å². The number of hydrogen-bond donors (Lipinski definition) is 1. The van der Waals surface area contributed by atoms with E-state index in [0.29, 0.717) is 17.7 Å². The molecule has 1 N–H and O–H groups in total. The third-order valence-corrected chi connectivity index (χ3v) is 4.61. The molecule has 1 amide bonds. The number of hydrogen-bond acceptors (Lipinski definition) is 3. The van der Waals surface area contributed by atoms with Gasteiger partial charge in [0.25, 0.3) is 0 Å². The Morgan fingerprint density at radius 2 is 1.88 bits per heavy atom. The molecular formula is C21H23NO3. The molecule has 1 saturated heterocycles. The van der Waals surface area contributed by atoms with Crippen LogP contribution in [0.2, 0.25) is 0 Å². The maximum atomic E-state index is 12.6. The van der Waals surface area contributed by atoms with Gasteiger partial charge in [-0.15, -0.1) is 0 Å². The Balaban J connectivity index is 1.67. The van der Waals surface area contributed by atoms with Gasteiger partial charge in [-0.25, -0.2) is 0 Å². The van der Waals surface area contributed by atoms with E-state index in [9.17, 15) is 9.59 Å². The van der Waals surface area contributed by atoms with Crippen molar-refractivity contribution in [2.75, 3.05) is 13.2 Å². The number of nitrogens with one attached hydrogen (secondary N) is 1. The van der Waals surface area contributed by atoms with Gasteiger partial charge in [-0.1, -0.05) is 48.5 Å². The van der Waals surface area contributed by atoms with Crippen LogP contribution in [0.4, 0.5) is 0 Å². The van der Waals surface area contributed by atoms with Gasteiger partial charge in [-0.3, -0.25) is 9.59 Å². The molecule has 0 radical (unpaired) electrons. The first-order valence-electron chi connectivity index (χ1n) is 8.74. The zero-order chi connectivity index (χ0) is 17.6. The number of carbonyl (C=O) groups excluding carboxylic acids is 2. The Morgan fingerprint density at radius 1 is 1.12 bits per heavy atom. The minimum atomic E-state index is -0.315. The minimum Gasteiger partial charge on any atom is -0.376 e. The smallest absolute Gasteiger partial charge is 0.227 e. The van der Waals surface area contributed by atoms with Crippen LogP contribution in [0.25, 0.3) is 0 Å². The van der Waals surface area contributed by atoms with Crippen LogP contribution in [0.3, 0.4) is 0 Å². The topological polar surface area (TPSA) is 55.4 Å². The monoisotopic (exact) mass is 337 g/mol. The molecule has 25 heavy (non-hydrogen) atoms. The summed E-state index contributed by atoms with van der Waals surface area (Å²) in [5, 5.41) is 2.95. The molecular weight excluding hydrogens is 314 g/mol. The van der Waals surface area contributed by atoms with Gasteiger partial charge in [-0.2, -0.15) is 0 Å². The van der Waals surface area contributed by atoms with E-state index < -0.39 is 0 Å². The lowest BCUT2D eigenvalue weighted by Gasteiger charge is -2.16. The van der Waals surface area contributed by atoms with Crippen molar-refractivity contribution in [3.8, 4) is 0 Å². The summed E-state index contributed by atoms with van der Waals surface area (Å²) in [4.78, 5) is 25.0. The van der Waals surface area contributed by atoms with Gasteiger partial charge in [-0.05, 0) is 31.4 Å². The average Bonchev–Trinajstić information content (AvgIpc) is 3.19. The molecule has 1 aliphatic heterocycles. The number of amides is 1. The summed E-state index contributed by atoms with van der Waals surface area (Å²) in [6.45, 7) is 3.18. The molecule has 1 fully saturated rings. The van der Waals surface area contributed by atoms with Gasteiger partial charge < -0.3 is 10.1 Å². The summed E-state index contributed by atoms with van der Waals surface area (Å²) in [5.74, 6) is -0.390. The molecule has 4 heteroatoms. The number of ketones is 1. The Bertz CT molecular complexity index is 736. The first kappa shape index (κ1) is 17.4. The van der Waals surface area contributed by atoms with Gasteiger partial charge in [0.15, 0.2) is 5.78 Å². The molecule has 0 unspecified atom stereocenters. The molecule has 0 aromatic heterocycles. The van der Waals surface area contributed by atoms with Crippen LogP contribution >= 0.6 is 0 Å². The fourth-order valence-electron chi connectivity index (χ4n) is 3.03. The van der Waals surface area contributed by atoms with E-state index in [1.807, 2.05) is 43.3 Å². The quantitative estimate of drug-likeness (QED) is 0.823. The van der Waals surface area contributed by atoms with Crippen molar-refractivity contribution in [2.45, 2.75) is 31.8 Å². The normalized spacial score (nSPS) is 17.9. The third kappa shape index (κ3) is 4.34. The number of carbonyl (C=O) groups is 2. The second-order valence-electron chi connectivity index (χ2n) is 6.42. The van der Waals surface area contributed by atoms with Gasteiger partial charge >= 0.3 is 0 Å². The lowest BCUT2D eigenvalue weighted by Crippen LogP contribution is -2.34. The average molecular weight is 337 g/mol. The highest BCUT2D eigenvalue weighted by Gasteiger charge is 2.20. The maximum absolute atomic E-state index is 12.6. The fraction of sp³-hybridized carbons (Fsp3) is 0.333. The summed E-state index contributed by atoms with van der Waals surface area (Å²) in [6, 6.07) is 16.5. The highest BCUT2D eigenvalue weighted by molar-refractivity contribution is 6.09. The van der Waals surface area contributed by atoms with Crippen LogP contribution in [0.15, 0.2) is 54.6 Å². The standard InChI is InChI=1S/C21H23NO3/c1-15(21(24)22-14-19-11-6-12-25-19)17-9-5-10-18(13-17)20(23)16-7-3-2-4-8-16/h2-5,7-10,13,15,19H,6,11-12,14H2,1H3,(H,22,24)/t15-,19+/m0/s1. The summed E-state index contributed by atoms with van der Waals surface area (Å²) in [6.07, 6.45) is 2.18. The molecule has 2 aromatic rings. The van der Waals surface area contributed by atoms with Crippen LogP contribution in [0.5, 0.6) is 0 Å². The van der Waals surface area contributed by atoms with E-state index in [0.717, 1.165) is 25.0 Å². The van der Waals surface area contributed by atoms with Crippen molar-refractivity contribution in [3.63, 3.8) is 0 Å². The molecule has 130 valence electrons. The van der Waals surface area contributed by atoms with E-state index in [-0.39, 0.29) is 23.7 Å². The van der Waals surface area contributed by atoms with E-state index >= 15 is 0 Å². The fourth-order valence-corrected chi connectivity index (χ4v) is 3.03. The molecule has 0 bridgehead atoms. The van der Waals surface area contributed by atoms with Gasteiger partial charge in [0.1, 0.15) is 0 Å². The molecule has 0 spiro atoms. The summed E-state index contributed by atoms with van der Waals surface area (Å²) < 4.78 is 5.53. The summed E-state index contributed by atoms with van der Waals surface area (Å²) >= 11 is 0.